The van der Waals surface area contributed by atoms with Crippen LogP contribution in [0.25, 0.3) is 10.9 Å². The first-order chi connectivity index (χ1) is 9.20. The lowest BCUT2D eigenvalue weighted by Crippen LogP contribution is -2.30. The average molecular weight is 256 g/mol. The number of hydrogen-bond acceptors (Lipinski definition) is 2. The van der Waals surface area contributed by atoms with Gasteiger partial charge in [0.1, 0.15) is 6.61 Å². The second-order valence-corrected chi connectivity index (χ2v) is 5.38. The fraction of sp³-hybridized carbons (Fsp3) is 0.375. The molecular weight excluding hydrogens is 236 g/mol. The normalized spacial score (nSPS) is 17.2. The Morgan fingerprint density at radius 3 is 3.11 bits per heavy atom. The van der Waals surface area contributed by atoms with Crippen LogP contribution < -0.4 is 0 Å². The van der Waals surface area contributed by atoms with E-state index in [9.17, 15) is 0 Å². The molecule has 2 aromatic rings. The van der Waals surface area contributed by atoms with Gasteiger partial charge in [0.25, 0.3) is 0 Å². The Hall–Kier alpha value is -1.58. The molecule has 1 aliphatic rings. The highest BCUT2D eigenvalue weighted by atomic mass is 16.7. The first kappa shape index (κ1) is 12.5. The largest absolute Gasteiger partial charge is 0.356 e. The molecule has 1 saturated heterocycles. The Balaban J connectivity index is 1.66. The van der Waals surface area contributed by atoms with Gasteiger partial charge >= 0.3 is 0 Å². The third kappa shape index (κ3) is 2.88. The molecule has 2 heterocycles. The van der Waals surface area contributed by atoms with E-state index in [1.165, 1.54) is 22.0 Å². The Morgan fingerprint density at radius 1 is 1.37 bits per heavy atom. The third-order valence-corrected chi connectivity index (χ3v) is 3.57. The second kappa shape index (κ2) is 5.19. The lowest BCUT2D eigenvalue weighted by molar-refractivity contribution is -0.170. The molecule has 100 valence electrons. The van der Waals surface area contributed by atoms with E-state index < -0.39 is 0 Å². The molecule has 3 nitrogen and oxygen atoms in total. The Labute approximate surface area is 113 Å². The molecule has 1 N–H and O–H groups in total. The first-order valence-corrected chi connectivity index (χ1v) is 6.83. The van der Waals surface area contributed by atoms with Gasteiger partial charge in [-0.05, 0) is 42.8 Å². The van der Waals surface area contributed by atoms with Gasteiger partial charge in [-0.1, -0.05) is 24.3 Å². The van der Waals surface area contributed by atoms with Gasteiger partial charge in [0, 0.05) is 24.3 Å². The Bertz CT molecular complexity index is 600. The highest BCUT2D eigenvalue weighted by Crippen LogP contribution is 2.19. The number of H-pyrrole nitrogens is 1. The number of aromatic nitrogens is 1. The van der Waals surface area contributed by atoms with E-state index in [1.807, 2.05) is 5.06 Å². The van der Waals surface area contributed by atoms with Gasteiger partial charge in [0.05, 0.1) is 0 Å². The van der Waals surface area contributed by atoms with Crippen molar-refractivity contribution in [1.29, 1.82) is 0 Å². The van der Waals surface area contributed by atoms with Crippen LogP contribution in [0.5, 0.6) is 0 Å². The number of nitrogens with zero attached hydrogens (tertiary/aromatic N) is 1. The molecular formula is C16H20N2O. The number of rotatable bonds is 3. The SMILES string of the molecule is C=C1CCCN(OCc2cc3ccc(C)cc3[nH]2)C1. The van der Waals surface area contributed by atoms with E-state index in [4.69, 9.17) is 4.84 Å². The molecule has 1 aliphatic heterocycles. The van der Waals surface area contributed by atoms with Crippen molar-refractivity contribution >= 4 is 10.9 Å². The number of aryl methyl sites for hydroxylation is 1. The first-order valence-electron chi connectivity index (χ1n) is 6.83. The molecule has 1 aromatic carbocycles. The molecule has 3 heteroatoms. The molecule has 0 aliphatic carbocycles. The number of hydrogen-bond donors (Lipinski definition) is 1. The molecule has 0 saturated carbocycles. The van der Waals surface area contributed by atoms with Crippen LogP contribution in [0.15, 0.2) is 36.4 Å². The summed E-state index contributed by atoms with van der Waals surface area (Å²) in [7, 11) is 0. The zero-order valence-electron chi connectivity index (χ0n) is 11.4. The zero-order valence-corrected chi connectivity index (χ0v) is 11.4. The van der Waals surface area contributed by atoms with Crippen molar-refractivity contribution in [2.75, 3.05) is 13.1 Å². The van der Waals surface area contributed by atoms with E-state index in [-0.39, 0.29) is 0 Å². The number of fused-ring (bicyclic) bond motifs is 1. The maximum absolute atomic E-state index is 5.84. The Kier molecular flexibility index (Phi) is 3.40. The molecule has 0 amide bonds. The number of aromatic amines is 1. The molecule has 0 atom stereocenters. The monoisotopic (exact) mass is 256 g/mol. The minimum Gasteiger partial charge on any atom is -0.356 e. The fourth-order valence-corrected chi connectivity index (χ4v) is 2.56. The van der Waals surface area contributed by atoms with E-state index in [1.54, 1.807) is 0 Å². The van der Waals surface area contributed by atoms with Gasteiger partial charge in [-0.15, -0.1) is 0 Å². The molecule has 3 rings (SSSR count). The lowest BCUT2D eigenvalue weighted by Gasteiger charge is -2.26. The van der Waals surface area contributed by atoms with Gasteiger partial charge in [-0.25, -0.2) is 0 Å². The molecule has 0 bridgehead atoms. The molecule has 0 radical (unpaired) electrons. The predicted molar refractivity (Wildman–Crippen MR) is 77.8 cm³/mol. The van der Waals surface area contributed by atoms with Crippen LogP contribution in [0.1, 0.15) is 24.1 Å². The second-order valence-electron chi connectivity index (χ2n) is 5.38. The summed E-state index contributed by atoms with van der Waals surface area (Å²) in [5.74, 6) is 0. The summed E-state index contributed by atoms with van der Waals surface area (Å²) >= 11 is 0. The van der Waals surface area contributed by atoms with Crippen molar-refractivity contribution in [3.63, 3.8) is 0 Å². The molecule has 0 unspecified atom stereocenters. The number of piperidine rings is 1. The van der Waals surface area contributed by atoms with Gasteiger partial charge in [0.15, 0.2) is 0 Å². The summed E-state index contributed by atoms with van der Waals surface area (Å²) in [6.07, 6.45) is 2.27. The summed E-state index contributed by atoms with van der Waals surface area (Å²) in [6.45, 7) is 8.60. The Morgan fingerprint density at radius 2 is 2.26 bits per heavy atom. The van der Waals surface area contributed by atoms with Gasteiger partial charge < -0.3 is 4.98 Å². The van der Waals surface area contributed by atoms with Crippen molar-refractivity contribution in [3.05, 3.63) is 47.7 Å². The quantitative estimate of drug-likeness (QED) is 0.850. The van der Waals surface area contributed by atoms with Crippen molar-refractivity contribution in [3.8, 4) is 0 Å². The van der Waals surface area contributed by atoms with Crippen molar-refractivity contribution in [2.45, 2.75) is 26.4 Å². The van der Waals surface area contributed by atoms with Gasteiger partial charge in [0.2, 0.25) is 0 Å². The molecule has 1 aromatic heterocycles. The van der Waals surface area contributed by atoms with Crippen LogP contribution in [-0.4, -0.2) is 23.1 Å². The number of hydroxylamine groups is 2. The van der Waals surface area contributed by atoms with E-state index in [0.717, 1.165) is 31.6 Å². The minimum atomic E-state index is 0.598. The highest BCUT2D eigenvalue weighted by molar-refractivity contribution is 5.80. The third-order valence-electron chi connectivity index (χ3n) is 3.57. The maximum atomic E-state index is 5.84. The average Bonchev–Trinajstić information content (AvgIpc) is 2.78. The van der Waals surface area contributed by atoms with E-state index in [2.05, 4.69) is 42.8 Å². The molecule has 19 heavy (non-hydrogen) atoms. The standard InChI is InChI=1S/C16H20N2O/c1-12-5-6-14-9-15(17-16(14)8-12)11-19-18-7-3-4-13(2)10-18/h5-6,8-9,17H,2-4,7,10-11H2,1H3. The number of nitrogens with one attached hydrogen (secondary N) is 1. The topological polar surface area (TPSA) is 28.3 Å². The van der Waals surface area contributed by atoms with Crippen LogP contribution in [0.4, 0.5) is 0 Å². The maximum Gasteiger partial charge on any atom is 0.108 e. The van der Waals surface area contributed by atoms with Crippen LogP contribution in [0.2, 0.25) is 0 Å². The predicted octanol–water partition coefficient (Wildman–Crippen LogP) is 3.56. The summed E-state index contributed by atoms with van der Waals surface area (Å²) in [5, 5.41) is 3.26. The van der Waals surface area contributed by atoms with Crippen molar-refractivity contribution in [1.82, 2.24) is 10.0 Å². The highest BCUT2D eigenvalue weighted by Gasteiger charge is 2.13. The van der Waals surface area contributed by atoms with Gasteiger partial charge in [-0.2, -0.15) is 5.06 Å². The van der Waals surface area contributed by atoms with Crippen LogP contribution in [0.3, 0.4) is 0 Å². The summed E-state index contributed by atoms with van der Waals surface area (Å²) in [4.78, 5) is 9.25. The van der Waals surface area contributed by atoms with E-state index >= 15 is 0 Å². The molecule has 1 fully saturated rings. The van der Waals surface area contributed by atoms with Crippen molar-refractivity contribution < 1.29 is 4.84 Å². The minimum absolute atomic E-state index is 0.598. The van der Waals surface area contributed by atoms with Crippen LogP contribution >= 0.6 is 0 Å². The summed E-state index contributed by atoms with van der Waals surface area (Å²) in [6, 6.07) is 8.61. The fourth-order valence-electron chi connectivity index (χ4n) is 2.56. The number of benzene rings is 1. The summed E-state index contributed by atoms with van der Waals surface area (Å²) in [5.41, 5.74) is 4.84. The molecule has 0 spiro atoms. The van der Waals surface area contributed by atoms with Crippen LogP contribution in [0, 0.1) is 6.92 Å². The van der Waals surface area contributed by atoms with E-state index in [0.29, 0.717) is 6.61 Å². The van der Waals surface area contributed by atoms with Gasteiger partial charge in [-0.3, -0.25) is 4.84 Å². The summed E-state index contributed by atoms with van der Waals surface area (Å²) < 4.78 is 0. The smallest absolute Gasteiger partial charge is 0.108 e. The van der Waals surface area contributed by atoms with Crippen molar-refractivity contribution in [2.24, 2.45) is 0 Å². The van der Waals surface area contributed by atoms with Crippen LogP contribution in [-0.2, 0) is 11.4 Å². The lowest BCUT2D eigenvalue weighted by atomic mass is 10.1. The zero-order chi connectivity index (χ0) is 13.2.